The Kier molecular flexibility index (Phi) is 6.72. The Morgan fingerprint density at radius 1 is 1.07 bits per heavy atom. The van der Waals surface area contributed by atoms with E-state index in [9.17, 15) is 9.59 Å². The molecule has 0 aromatic heterocycles. The zero-order valence-electron chi connectivity index (χ0n) is 16.3. The van der Waals surface area contributed by atoms with Gasteiger partial charge in [-0.05, 0) is 43.9 Å². The molecule has 3 rings (SSSR count). The number of rotatable bonds is 6. The number of carbonyl (C=O) groups excluding carboxylic acids is 1. The molecule has 6 nitrogen and oxygen atoms in total. The minimum atomic E-state index is -0.783. The van der Waals surface area contributed by atoms with E-state index in [-0.39, 0.29) is 5.78 Å². The van der Waals surface area contributed by atoms with Gasteiger partial charge in [0.15, 0.2) is 5.78 Å². The summed E-state index contributed by atoms with van der Waals surface area (Å²) >= 11 is 0. The monoisotopic (exact) mass is 373 g/mol. The minimum absolute atomic E-state index is 0.199. The summed E-state index contributed by atoms with van der Waals surface area (Å²) in [5.74, 6) is 0.847. The van der Waals surface area contributed by atoms with Gasteiger partial charge in [0.1, 0.15) is 0 Å². The molecular formula is C21H31N3O3. The molecule has 1 aromatic rings. The molecule has 6 heteroatoms. The molecule has 2 aliphatic heterocycles. The summed E-state index contributed by atoms with van der Waals surface area (Å²) in [6, 6.07) is 8.01. The topological polar surface area (TPSA) is 64.1 Å². The van der Waals surface area contributed by atoms with Crippen LogP contribution in [-0.4, -0.2) is 72.6 Å². The molecule has 0 radical (unpaired) electrons. The van der Waals surface area contributed by atoms with Crippen LogP contribution < -0.4 is 4.90 Å². The number of hydrogen-bond acceptors (Lipinski definition) is 4. The first kappa shape index (κ1) is 19.7. The number of Topliss-reactive ketones (excluding diaryl/α,β-unsaturated/α-hetero) is 1. The van der Waals surface area contributed by atoms with Crippen molar-refractivity contribution >= 4 is 17.6 Å². The van der Waals surface area contributed by atoms with Gasteiger partial charge in [-0.1, -0.05) is 19.1 Å². The summed E-state index contributed by atoms with van der Waals surface area (Å²) in [5, 5.41) is 9.03. The molecule has 0 spiro atoms. The summed E-state index contributed by atoms with van der Waals surface area (Å²) in [6.45, 7) is 8.42. The molecule has 0 aliphatic carbocycles. The molecule has 27 heavy (non-hydrogen) atoms. The van der Waals surface area contributed by atoms with Crippen molar-refractivity contribution in [2.24, 2.45) is 5.92 Å². The quantitative estimate of drug-likeness (QED) is 0.776. The van der Waals surface area contributed by atoms with Gasteiger partial charge >= 0.3 is 6.09 Å². The molecular weight excluding hydrogens is 342 g/mol. The summed E-state index contributed by atoms with van der Waals surface area (Å²) in [7, 11) is 0. The van der Waals surface area contributed by atoms with Gasteiger partial charge in [-0.2, -0.15) is 0 Å². The number of likely N-dealkylation sites (tertiary alicyclic amines) is 1. The third kappa shape index (κ3) is 5.22. The van der Waals surface area contributed by atoms with Gasteiger partial charge in [-0.3, -0.25) is 9.69 Å². The zero-order chi connectivity index (χ0) is 19.2. The fourth-order valence-corrected chi connectivity index (χ4v) is 4.09. The second-order valence-electron chi connectivity index (χ2n) is 7.66. The van der Waals surface area contributed by atoms with E-state index in [0.717, 1.165) is 63.2 Å². The van der Waals surface area contributed by atoms with Crippen molar-refractivity contribution in [1.82, 2.24) is 9.80 Å². The van der Waals surface area contributed by atoms with E-state index in [0.29, 0.717) is 25.4 Å². The Labute approximate surface area is 161 Å². The Balaban J connectivity index is 1.42. The van der Waals surface area contributed by atoms with Crippen molar-refractivity contribution in [3.05, 3.63) is 29.8 Å². The minimum Gasteiger partial charge on any atom is -0.465 e. The highest BCUT2D eigenvalue weighted by Gasteiger charge is 2.24. The van der Waals surface area contributed by atoms with Crippen LogP contribution in [0.1, 0.15) is 43.0 Å². The Morgan fingerprint density at radius 2 is 1.78 bits per heavy atom. The molecule has 2 aliphatic rings. The normalized spacial score (nSPS) is 19.3. The highest BCUT2D eigenvalue weighted by atomic mass is 16.4. The van der Waals surface area contributed by atoms with Crippen LogP contribution in [0.3, 0.4) is 0 Å². The van der Waals surface area contributed by atoms with Gasteiger partial charge in [-0.25, -0.2) is 4.79 Å². The maximum atomic E-state index is 11.9. The van der Waals surface area contributed by atoms with E-state index < -0.39 is 6.09 Å². The average Bonchev–Trinajstić information content (AvgIpc) is 2.72. The second kappa shape index (κ2) is 9.22. The van der Waals surface area contributed by atoms with E-state index in [4.69, 9.17) is 5.11 Å². The maximum absolute atomic E-state index is 11.9. The molecule has 1 amide bonds. The van der Waals surface area contributed by atoms with Gasteiger partial charge < -0.3 is 14.9 Å². The number of amides is 1. The molecule has 0 unspecified atom stereocenters. The van der Waals surface area contributed by atoms with Gasteiger partial charge in [0, 0.05) is 56.9 Å². The van der Waals surface area contributed by atoms with Crippen molar-refractivity contribution in [3.8, 4) is 0 Å². The van der Waals surface area contributed by atoms with Crippen molar-refractivity contribution in [1.29, 1.82) is 0 Å². The first-order valence-corrected chi connectivity index (χ1v) is 10.1. The highest BCUT2D eigenvalue weighted by Crippen LogP contribution is 2.22. The van der Waals surface area contributed by atoms with E-state index in [1.807, 2.05) is 25.1 Å². The molecule has 0 atom stereocenters. The van der Waals surface area contributed by atoms with Gasteiger partial charge in [-0.15, -0.1) is 0 Å². The molecule has 0 saturated carbocycles. The summed E-state index contributed by atoms with van der Waals surface area (Å²) in [6.07, 6.45) is 2.90. The number of benzene rings is 1. The summed E-state index contributed by atoms with van der Waals surface area (Å²) in [4.78, 5) is 29.3. The fraction of sp³-hybridized carbons (Fsp3) is 0.619. The predicted molar refractivity (Wildman–Crippen MR) is 107 cm³/mol. The molecule has 148 valence electrons. The number of anilines is 1. The van der Waals surface area contributed by atoms with E-state index >= 15 is 0 Å². The van der Waals surface area contributed by atoms with Gasteiger partial charge in [0.25, 0.3) is 0 Å². The van der Waals surface area contributed by atoms with Crippen LogP contribution in [0.15, 0.2) is 24.3 Å². The Morgan fingerprint density at radius 3 is 2.41 bits per heavy atom. The van der Waals surface area contributed by atoms with Crippen molar-refractivity contribution in [2.45, 2.75) is 32.6 Å². The number of ketones is 1. The van der Waals surface area contributed by atoms with E-state index in [2.05, 4.69) is 15.9 Å². The maximum Gasteiger partial charge on any atom is 0.407 e. The Bertz CT molecular complexity index is 648. The third-order valence-electron chi connectivity index (χ3n) is 5.97. The standard InChI is InChI=1S/C21H31N3O3/c1-2-20(25)18-4-3-5-19(16-18)23-14-12-22(13-15-23)9-6-17-7-10-24(11-8-17)21(26)27/h3-5,16-17H,2,6-15H2,1H3,(H,26,27). The van der Waals surface area contributed by atoms with Crippen molar-refractivity contribution in [3.63, 3.8) is 0 Å². The molecule has 2 fully saturated rings. The lowest BCUT2D eigenvalue weighted by molar-refractivity contribution is 0.0988. The van der Waals surface area contributed by atoms with E-state index in [1.54, 1.807) is 0 Å². The molecule has 1 N–H and O–H groups in total. The van der Waals surface area contributed by atoms with Crippen LogP contribution >= 0.6 is 0 Å². The second-order valence-corrected chi connectivity index (χ2v) is 7.66. The average molecular weight is 373 g/mol. The number of hydrogen-bond donors (Lipinski definition) is 1. The molecule has 2 heterocycles. The fourth-order valence-electron chi connectivity index (χ4n) is 4.09. The number of carbonyl (C=O) groups is 2. The predicted octanol–water partition coefficient (Wildman–Crippen LogP) is 3.18. The van der Waals surface area contributed by atoms with Crippen LogP contribution in [0, 0.1) is 5.92 Å². The molecule has 1 aromatic carbocycles. The number of piperidine rings is 1. The third-order valence-corrected chi connectivity index (χ3v) is 5.97. The zero-order valence-corrected chi connectivity index (χ0v) is 16.3. The number of piperazine rings is 1. The summed E-state index contributed by atoms with van der Waals surface area (Å²) in [5.41, 5.74) is 1.96. The summed E-state index contributed by atoms with van der Waals surface area (Å²) < 4.78 is 0. The smallest absolute Gasteiger partial charge is 0.407 e. The van der Waals surface area contributed by atoms with Crippen molar-refractivity contribution in [2.75, 3.05) is 50.7 Å². The lowest BCUT2D eigenvalue weighted by Gasteiger charge is -2.37. The largest absolute Gasteiger partial charge is 0.465 e. The van der Waals surface area contributed by atoms with E-state index in [1.165, 1.54) is 4.90 Å². The van der Waals surface area contributed by atoms with Crippen molar-refractivity contribution < 1.29 is 14.7 Å². The lowest BCUT2D eigenvalue weighted by atomic mass is 9.93. The Hall–Kier alpha value is -2.08. The first-order valence-electron chi connectivity index (χ1n) is 10.1. The van der Waals surface area contributed by atoms with Crippen LogP contribution in [0.25, 0.3) is 0 Å². The van der Waals surface area contributed by atoms with Crippen LogP contribution in [0.2, 0.25) is 0 Å². The van der Waals surface area contributed by atoms with Crippen LogP contribution in [-0.2, 0) is 0 Å². The lowest BCUT2D eigenvalue weighted by Crippen LogP contribution is -2.47. The highest BCUT2D eigenvalue weighted by molar-refractivity contribution is 5.96. The first-order chi connectivity index (χ1) is 13.1. The molecule has 0 bridgehead atoms. The van der Waals surface area contributed by atoms with Gasteiger partial charge in [0.2, 0.25) is 0 Å². The molecule has 2 saturated heterocycles. The number of nitrogens with zero attached hydrogens (tertiary/aromatic N) is 3. The van der Waals surface area contributed by atoms with Crippen LogP contribution in [0.4, 0.5) is 10.5 Å². The number of carboxylic acid groups (broad SMARTS) is 1. The van der Waals surface area contributed by atoms with Gasteiger partial charge in [0.05, 0.1) is 0 Å². The SMILES string of the molecule is CCC(=O)c1cccc(N2CCN(CCC3CCN(C(=O)O)CC3)CC2)c1. The van der Waals surface area contributed by atoms with Crippen LogP contribution in [0.5, 0.6) is 0 Å².